The lowest BCUT2D eigenvalue weighted by Gasteiger charge is -2.32. The molecular formula is C22H33N3O8S. The maximum absolute atomic E-state index is 12.5. The molecule has 12 heteroatoms. The SMILES string of the molecule is CCOC(=O)C1CCN(C(=O)CN(C)C(=O)CCNS(=O)(=O)c2ccc(OC)c(OC)c2)CC1. The van der Waals surface area contributed by atoms with E-state index in [4.69, 9.17) is 14.2 Å². The van der Waals surface area contributed by atoms with Crippen molar-refractivity contribution in [2.75, 3.05) is 54.1 Å². The van der Waals surface area contributed by atoms with Crippen molar-refractivity contribution in [2.24, 2.45) is 5.92 Å². The summed E-state index contributed by atoms with van der Waals surface area (Å²) in [7, 11) is 0.479. The van der Waals surface area contributed by atoms with E-state index in [2.05, 4.69) is 4.72 Å². The highest BCUT2D eigenvalue weighted by Gasteiger charge is 2.29. The van der Waals surface area contributed by atoms with Gasteiger partial charge in [-0.25, -0.2) is 13.1 Å². The van der Waals surface area contributed by atoms with Crippen LogP contribution in [0.5, 0.6) is 11.5 Å². The summed E-state index contributed by atoms with van der Waals surface area (Å²) >= 11 is 0. The van der Waals surface area contributed by atoms with Crippen LogP contribution in [0.1, 0.15) is 26.2 Å². The number of hydrogen-bond acceptors (Lipinski definition) is 8. The number of nitrogens with zero attached hydrogens (tertiary/aromatic N) is 2. The van der Waals surface area contributed by atoms with E-state index in [1.165, 1.54) is 44.4 Å². The Balaban J connectivity index is 1.80. The molecule has 0 radical (unpaired) electrons. The third-order valence-corrected chi connectivity index (χ3v) is 7.02. The number of piperidine rings is 1. The van der Waals surface area contributed by atoms with Crippen molar-refractivity contribution < 1.29 is 37.0 Å². The van der Waals surface area contributed by atoms with Crippen LogP contribution in [0.15, 0.2) is 23.1 Å². The molecule has 0 spiro atoms. The maximum atomic E-state index is 12.5. The van der Waals surface area contributed by atoms with Gasteiger partial charge in [0.05, 0.1) is 38.2 Å². The molecule has 1 fully saturated rings. The predicted molar refractivity (Wildman–Crippen MR) is 123 cm³/mol. The lowest BCUT2D eigenvalue weighted by atomic mass is 9.97. The molecule has 190 valence electrons. The van der Waals surface area contributed by atoms with Gasteiger partial charge < -0.3 is 24.0 Å². The number of carbonyl (C=O) groups is 3. The number of carbonyl (C=O) groups excluding carboxylic acids is 3. The first-order valence-corrected chi connectivity index (χ1v) is 12.5. The molecular weight excluding hydrogens is 466 g/mol. The highest BCUT2D eigenvalue weighted by atomic mass is 32.2. The Morgan fingerprint density at radius 3 is 2.35 bits per heavy atom. The molecule has 34 heavy (non-hydrogen) atoms. The molecule has 0 atom stereocenters. The number of esters is 1. The van der Waals surface area contributed by atoms with Crippen LogP contribution < -0.4 is 14.2 Å². The fraction of sp³-hybridized carbons (Fsp3) is 0.591. The zero-order chi connectivity index (χ0) is 25.3. The van der Waals surface area contributed by atoms with E-state index < -0.39 is 10.0 Å². The van der Waals surface area contributed by atoms with Gasteiger partial charge in [0.15, 0.2) is 11.5 Å². The van der Waals surface area contributed by atoms with E-state index in [1.807, 2.05) is 0 Å². The van der Waals surface area contributed by atoms with E-state index in [-0.39, 0.29) is 53.9 Å². The third-order valence-electron chi connectivity index (χ3n) is 5.56. The van der Waals surface area contributed by atoms with Gasteiger partial charge in [0.25, 0.3) is 0 Å². The highest BCUT2D eigenvalue weighted by molar-refractivity contribution is 7.89. The summed E-state index contributed by atoms with van der Waals surface area (Å²) in [5.74, 6) is -0.368. The molecule has 1 N–H and O–H groups in total. The van der Waals surface area contributed by atoms with Gasteiger partial charge >= 0.3 is 5.97 Å². The summed E-state index contributed by atoms with van der Waals surface area (Å²) in [6.07, 6.45) is 0.946. The molecule has 0 saturated carbocycles. The van der Waals surface area contributed by atoms with Gasteiger partial charge in [-0.2, -0.15) is 0 Å². The number of methoxy groups -OCH3 is 2. The highest BCUT2D eigenvalue weighted by Crippen LogP contribution is 2.29. The van der Waals surface area contributed by atoms with Gasteiger partial charge in [-0.3, -0.25) is 14.4 Å². The van der Waals surface area contributed by atoms with Gasteiger partial charge in [-0.05, 0) is 31.9 Å². The molecule has 1 aliphatic heterocycles. The Morgan fingerprint density at radius 2 is 1.76 bits per heavy atom. The van der Waals surface area contributed by atoms with Crippen molar-refractivity contribution in [1.82, 2.24) is 14.5 Å². The monoisotopic (exact) mass is 499 g/mol. The molecule has 1 saturated heterocycles. The number of hydrogen-bond donors (Lipinski definition) is 1. The number of ether oxygens (including phenoxy) is 3. The Hall–Kier alpha value is -2.86. The summed E-state index contributed by atoms with van der Waals surface area (Å²) in [6, 6.07) is 4.19. The Kier molecular flexibility index (Phi) is 10.1. The predicted octanol–water partition coefficient (Wildman–Crippen LogP) is 0.632. The van der Waals surface area contributed by atoms with Crippen molar-refractivity contribution in [3.63, 3.8) is 0 Å². The van der Waals surface area contributed by atoms with Gasteiger partial charge in [0.1, 0.15) is 0 Å². The molecule has 0 bridgehead atoms. The van der Waals surface area contributed by atoms with E-state index in [0.717, 1.165) is 0 Å². The lowest BCUT2D eigenvalue weighted by Crippen LogP contribution is -2.46. The fourth-order valence-corrected chi connectivity index (χ4v) is 4.61. The molecule has 0 aliphatic carbocycles. The number of rotatable bonds is 11. The van der Waals surface area contributed by atoms with E-state index in [1.54, 1.807) is 11.8 Å². The van der Waals surface area contributed by atoms with Crippen molar-refractivity contribution in [2.45, 2.75) is 31.1 Å². The second-order valence-corrected chi connectivity index (χ2v) is 9.59. The first-order valence-electron chi connectivity index (χ1n) is 11.0. The van der Waals surface area contributed by atoms with Crippen molar-refractivity contribution >= 4 is 27.8 Å². The van der Waals surface area contributed by atoms with E-state index in [0.29, 0.717) is 38.3 Å². The van der Waals surface area contributed by atoms with Gasteiger partial charge in [0, 0.05) is 39.2 Å². The average Bonchev–Trinajstić information content (AvgIpc) is 2.83. The Bertz CT molecular complexity index is 974. The van der Waals surface area contributed by atoms with Crippen molar-refractivity contribution in [1.29, 1.82) is 0 Å². The number of benzene rings is 1. The third kappa shape index (κ3) is 7.32. The van der Waals surface area contributed by atoms with Crippen LogP contribution >= 0.6 is 0 Å². The summed E-state index contributed by atoms with van der Waals surface area (Å²) in [6.45, 7) is 2.69. The van der Waals surface area contributed by atoms with E-state index >= 15 is 0 Å². The largest absolute Gasteiger partial charge is 0.493 e. The number of amides is 2. The summed E-state index contributed by atoms with van der Waals surface area (Å²) < 4.78 is 42.7. The summed E-state index contributed by atoms with van der Waals surface area (Å²) in [5.41, 5.74) is 0. The van der Waals surface area contributed by atoms with Crippen molar-refractivity contribution in [3.05, 3.63) is 18.2 Å². The molecule has 1 heterocycles. The molecule has 2 rings (SSSR count). The van der Waals surface area contributed by atoms with E-state index in [9.17, 15) is 22.8 Å². The van der Waals surface area contributed by atoms with Crippen LogP contribution in [0, 0.1) is 5.92 Å². The zero-order valence-electron chi connectivity index (χ0n) is 20.0. The smallest absolute Gasteiger partial charge is 0.309 e. The van der Waals surface area contributed by atoms with Crippen LogP contribution in [0.2, 0.25) is 0 Å². The molecule has 1 aliphatic rings. The standard InChI is InChI=1S/C22H33N3O8S/c1-5-33-22(28)16-9-12-25(13-10-16)21(27)15-24(2)20(26)8-11-23-34(29,30)17-6-7-18(31-3)19(14-17)32-4/h6-7,14,16,23H,5,8-13,15H2,1-4H3. The maximum Gasteiger partial charge on any atom is 0.309 e. The number of sulfonamides is 1. The summed E-state index contributed by atoms with van der Waals surface area (Å²) in [4.78, 5) is 39.6. The second kappa shape index (κ2) is 12.6. The van der Waals surface area contributed by atoms with Gasteiger partial charge in [0.2, 0.25) is 21.8 Å². The first kappa shape index (κ1) is 27.4. The van der Waals surface area contributed by atoms with Crippen LogP contribution in [0.3, 0.4) is 0 Å². The minimum absolute atomic E-state index is 0.0210. The second-order valence-electron chi connectivity index (χ2n) is 7.82. The van der Waals surface area contributed by atoms with Crippen LogP contribution in [-0.2, 0) is 29.1 Å². The number of likely N-dealkylation sites (tertiary alicyclic amines) is 1. The molecule has 1 aromatic carbocycles. The number of likely N-dealkylation sites (N-methyl/N-ethyl adjacent to an activating group) is 1. The van der Waals surface area contributed by atoms with Gasteiger partial charge in [-0.1, -0.05) is 0 Å². The molecule has 11 nitrogen and oxygen atoms in total. The Morgan fingerprint density at radius 1 is 1.12 bits per heavy atom. The molecule has 0 aromatic heterocycles. The molecule has 2 amide bonds. The molecule has 0 unspecified atom stereocenters. The van der Waals surface area contributed by atoms with Crippen LogP contribution in [0.4, 0.5) is 0 Å². The lowest BCUT2D eigenvalue weighted by molar-refractivity contribution is -0.151. The van der Waals surface area contributed by atoms with Crippen LogP contribution in [0.25, 0.3) is 0 Å². The average molecular weight is 500 g/mol. The zero-order valence-corrected chi connectivity index (χ0v) is 20.9. The van der Waals surface area contributed by atoms with Crippen LogP contribution in [-0.4, -0.2) is 90.1 Å². The minimum Gasteiger partial charge on any atom is -0.493 e. The quantitative estimate of drug-likeness (QED) is 0.439. The van der Waals surface area contributed by atoms with Crippen molar-refractivity contribution in [3.8, 4) is 11.5 Å². The normalized spacial score (nSPS) is 14.4. The Labute approximate surface area is 200 Å². The minimum atomic E-state index is -3.87. The number of nitrogens with one attached hydrogen (secondary N) is 1. The molecule has 1 aromatic rings. The first-order chi connectivity index (χ1) is 16.1. The summed E-state index contributed by atoms with van der Waals surface area (Å²) in [5, 5.41) is 0. The topological polar surface area (TPSA) is 132 Å². The van der Waals surface area contributed by atoms with Gasteiger partial charge in [-0.15, -0.1) is 0 Å². The fourth-order valence-electron chi connectivity index (χ4n) is 3.57.